The van der Waals surface area contributed by atoms with Gasteiger partial charge >= 0.3 is 18.2 Å². The van der Waals surface area contributed by atoms with Gasteiger partial charge in [0.1, 0.15) is 5.76 Å². The Morgan fingerprint density at radius 1 is 1.17 bits per heavy atom. The van der Waals surface area contributed by atoms with Crippen LogP contribution in [0.15, 0.2) is 28.8 Å². The lowest BCUT2D eigenvalue weighted by Gasteiger charge is -2.37. The quantitative estimate of drug-likeness (QED) is 0.367. The van der Waals surface area contributed by atoms with Crippen LogP contribution >= 0.6 is 0 Å². The molecule has 196 valence electrons. The molecule has 1 heterocycles. The third kappa shape index (κ3) is 6.70. The first-order valence-electron chi connectivity index (χ1n) is 12.3. The number of benzene rings is 1. The highest BCUT2D eigenvalue weighted by Crippen LogP contribution is 2.49. The van der Waals surface area contributed by atoms with Crippen molar-refractivity contribution in [2.24, 2.45) is 5.92 Å². The first-order chi connectivity index (χ1) is 17.1. The SMILES string of the molecule is Cc1cc(NC(=O)Nc2cc([C@H]3C[C@H]3C(=O)O)ccc2N(CCCC(F)(F)F)C2CCCCC2)no1. The highest BCUT2D eigenvalue weighted by molar-refractivity contribution is 6.01. The number of nitrogens with one attached hydrogen (secondary N) is 2. The minimum Gasteiger partial charge on any atom is -0.481 e. The molecule has 0 aliphatic heterocycles. The fourth-order valence-electron chi connectivity index (χ4n) is 5.01. The number of hydrogen-bond donors (Lipinski definition) is 3. The van der Waals surface area contributed by atoms with Gasteiger partial charge in [0.2, 0.25) is 0 Å². The standard InChI is InChI=1S/C25H31F3N4O4/c1-15-12-22(31-36-15)30-24(35)29-20-13-16(18-14-19(18)23(33)34)8-9-21(20)32(11-5-10-25(26,27)28)17-6-3-2-4-7-17/h8-9,12-13,17-19H,2-7,10-11,14H2,1H3,(H,33,34)(H2,29,30,31,35)/t18-,19-/m1/s1. The van der Waals surface area contributed by atoms with Crippen LogP contribution < -0.4 is 15.5 Å². The molecule has 36 heavy (non-hydrogen) atoms. The van der Waals surface area contributed by atoms with Crippen LogP contribution in [0.1, 0.15) is 68.6 Å². The van der Waals surface area contributed by atoms with Crippen LogP contribution in [0.3, 0.4) is 0 Å². The molecule has 2 amide bonds. The molecule has 0 bridgehead atoms. The average molecular weight is 509 g/mol. The molecule has 2 aliphatic carbocycles. The van der Waals surface area contributed by atoms with Crippen molar-refractivity contribution in [1.29, 1.82) is 0 Å². The molecular weight excluding hydrogens is 477 g/mol. The first kappa shape index (κ1) is 25.8. The minimum absolute atomic E-state index is 0.0602. The van der Waals surface area contributed by atoms with Crippen molar-refractivity contribution in [3.63, 3.8) is 0 Å². The van der Waals surface area contributed by atoms with E-state index in [1.807, 2.05) is 11.0 Å². The molecule has 2 aliphatic rings. The number of carbonyl (C=O) groups excluding carboxylic acids is 1. The van der Waals surface area contributed by atoms with Gasteiger partial charge in [0.05, 0.1) is 17.3 Å². The van der Waals surface area contributed by atoms with Gasteiger partial charge in [0.25, 0.3) is 0 Å². The second-order valence-electron chi connectivity index (χ2n) is 9.67. The lowest BCUT2D eigenvalue weighted by Crippen LogP contribution is -2.38. The lowest BCUT2D eigenvalue weighted by molar-refractivity contribution is -0.138. The van der Waals surface area contributed by atoms with Crippen molar-refractivity contribution in [3.05, 3.63) is 35.6 Å². The van der Waals surface area contributed by atoms with Crippen LogP contribution in [0, 0.1) is 12.8 Å². The summed E-state index contributed by atoms with van der Waals surface area (Å²) >= 11 is 0. The van der Waals surface area contributed by atoms with E-state index in [9.17, 15) is 27.9 Å². The predicted molar refractivity (Wildman–Crippen MR) is 128 cm³/mol. The summed E-state index contributed by atoms with van der Waals surface area (Å²) in [4.78, 5) is 26.2. The van der Waals surface area contributed by atoms with Gasteiger partial charge < -0.3 is 19.8 Å². The number of carbonyl (C=O) groups is 2. The Balaban J connectivity index is 1.61. The molecule has 0 radical (unpaired) electrons. The Morgan fingerprint density at radius 2 is 1.92 bits per heavy atom. The molecule has 1 aromatic heterocycles. The molecule has 2 fully saturated rings. The number of aromatic nitrogens is 1. The van der Waals surface area contributed by atoms with Crippen molar-refractivity contribution in [2.75, 3.05) is 22.1 Å². The minimum atomic E-state index is -4.24. The maximum absolute atomic E-state index is 12.9. The fraction of sp³-hybridized carbons (Fsp3) is 0.560. The largest absolute Gasteiger partial charge is 0.481 e. The van der Waals surface area contributed by atoms with Gasteiger partial charge in [-0.2, -0.15) is 13.2 Å². The number of aliphatic carboxylic acids is 1. The molecule has 4 rings (SSSR count). The Kier molecular flexibility index (Phi) is 7.75. The normalized spacial score (nSPS) is 20.1. The molecule has 2 aromatic rings. The summed E-state index contributed by atoms with van der Waals surface area (Å²) < 4.78 is 43.7. The van der Waals surface area contributed by atoms with E-state index in [1.54, 1.807) is 25.1 Å². The number of rotatable bonds is 9. The van der Waals surface area contributed by atoms with Gasteiger partial charge in [-0.1, -0.05) is 30.5 Å². The lowest BCUT2D eigenvalue weighted by atomic mass is 9.93. The van der Waals surface area contributed by atoms with Crippen molar-refractivity contribution in [2.45, 2.75) is 76.4 Å². The molecular formula is C25H31F3N4O4. The summed E-state index contributed by atoms with van der Waals surface area (Å²) in [5.74, 6) is -0.753. The van der Waals surface area contributed by atoms with Crippen molar-refractivity contribution in [1.82, 2.24) is 5.16 Å². The molecule has 0 spiro atoms. The van der Waals surface area contributed by atoms with Crippen molar-refractivity contribution < 1.29 is 32.4 Å². The Morgan fingerprint density at radius 3 is 2.53 bits per heavy atom. The maximum atomic E-state index is 12.9. The zero-order chi connectivity index (χ0) is 25.9. The fourth-order valence-corrected chi connectivity index (χ4v) is 5.01. The number of alkyl halides is 3. The molecule has 2 atom stereocenters. The predicted octanol–water partition coefficient (Wildman–Crippen LogP) is 6.30. The number of anilines is 3. The second kappa shape index (κ2) is 10.8. The summed E-state index contributed by atoms with van der Waals surface area (Å²) in [6, 6.07) is 6.41. The molecule has 11 heteroatoms. The number of nitrogens with zero attached hydrogens (tertiary/aromatic N) is 2. The van der Waals surface area contributed by atoms with Gasteiger partial charge in [-0.25, -0.2) is 4.79 Å². The first-order valence-corrected chi connectivity index (χ1v) is 12.3. The third-order valence-corrected chi connectivity index (χ3v) is 6.86. The van der Waals surface area contributed by atoms with Gasteiger partial charge in [-0.05, 0) is 56.2 Å². The van der Waals surface area contributed by atoms with Gasteiger partial charge in [0, 0.05) is 25.1 Å². The van der Waals surface area contributed by atoms with E-state index in [2.05, 4.69) is 15.8 Å². The van der Waals surface area contributed by atoms with Crippen LogP contribution in [-0.2, 0) is 4.79 Å². The van der Waals surface area contributed by atoms with E-state index >= 15 is 0 Å². The molecule has 0 saturated heterocycles. The maximum Gasteiger partial charge on any atom is 0.389 e. The number of hydrogen-bond acceptors (Lipinski definition) is 5. The van der Waals surface area contributed by atoms with Crippen LogP contribution in [0.5, 0.6) is 0 Å². The van der Waals surface area contributed by atoms with Gasteiger partial charge in [-0.3, -0.25) is 10.1 Å². The number of carboxylic acids is 1. The molecule has 0 unspecified atom stereocenters. The number of halogens is 3. The average Bonchev–Trinajstić information content (AvgIpc) is 3.53. The van der Waals surface area contributed by atoms with E-state index in [0.717, 1.165) is 37.7 Å². The summed E-state index contributed by atoms with van der Waals surface area (Å²) in [6.45, 7) is 1.89. The third-order valence-electron chi connectivity index (χ3n) is 6.86. The van der Waals surface area contributed by atoms with Crippen molar-refractivity contribution >= 4 is 29.2 Å². The zero-order valence-electron chi connectivity index (χ0n) is 20.1. The molecule has 2 saturated carbocycles. The number of carboxylic acid groups (broad SMARTS) is 1. The van der Waals surface area contributed by atoms with E-state index in [-0.39, 0.29) is 30.7 Å². The number of amides is 2. The highest BCUT2D eigenvalue weighted by atomic mass is 19.4. The molecule has 8 nitrogen and oxygen atoms in total. The Bertz CT molecular complexity index is 1080. The zero-order valence-corrected chi connectivity index (χ0v) is 20.1. The summed E-state index contributed by atoms with van der Waals surface area (Å²) in [5.41, 5.74) is 1.84. The molecule has 1 aromatic carbocycles. The van der Waals surface area contributed by atoms with Gasteiger partial charge in [0.15, 0.2) is 5.82 Å². The van der Waals surface area contributed by atoms with Crippen molar-refractivity contribution in [3.8, 4) is 0 Å². The van der Waals surface area contributed by atoms with Crippen LogP contribution in [0.25, 0.3) is 0 Å². The summed E-state index contributed by atoms with van der Waals surface area (Å²) in [6.07, 6.45) is 0.135. The van der Waals surface area contributed by atoms with Crippen LogP contribution in [-0.4, -0.2) is 41.0 Å². The summed E-state index contributed by atoms with van der Waals surface area (Å²) in [5, 5.41) is 18.5. The monoisotopic (exact) mass is 508 g/mol. The Hall–Kier alpha value is -3.24. The topological polar surface area (TPSA) is 108 Å². The van der Waals surface area contributed by atoms with E-state index in [0.29, 0.717) is 23.6 Å². The van der Waals surface area contributed by atoms with E-state index in [4.69, 9.17) is 4.52 Å². The van der Waals surface area contributed by atoms with E-state index in [1.165, 1.54) is 0 Å². The second-order valence-corrected chi connectivity index (χ2v) is 9.67. The smallest absolute Gasteiger partial charge is 0.389 e. The van der Waals surface area contributed by atoms with Gasteiger partial charge in [-0.15, -0.1) is 0 Å². The van der Waals surface area contributed by atoms with Crippen LogP contribution in [0.4, 0.5) is 35.2 Å². The molecule has 3 N–H and O–H groups in total. The number of urea groups is 1. The summed E-state index contributed by atoms with van der Waals surface area (Å²) in [7, 11) is 0. The van der Waals surface area contributed by atoms with E-state index < -0.39 is 30.5 Å². The Labute approximate surface area is 207 Å². The number of aryl methyl sites for hydroxylation is 1. The highest BCUT2D eigenvalue weighted by Gasteiger charge is 2.44. The van der Waals surface area contributed by atoms with Crippen LogP contribution in [0.2, 0.25) is 0 Å².